The molecule has 6 nitrogen and oxygen atoms in total. The Labute approximate surface area is 179 Å². The van der Waals surface area contributed by atoms with Crippen LogP contribution in [-0.4, -0.2) is 37.3 Å². The molecule has 1 amide bonds. The fourth-order valence-corrected chi connectivity index (χ4v) is 4.07. The van der Waals surface area contributed by atoms with Crippen molar-refractivity contribution in [3.05, 3.63) is 65.2 Å². The maximum Gasteiger partial charge on any atom is 0.270 e. The van der Waals surface area contributed by atoms with Crippen molar-refractivity contribution in [3.63, 3.8) is 0 Å². The molecule has 0 spiro atoms. The smallest absolute Gasteiger partial charge is 0.270 e. The molecule has 7 heteroatoms. The Morgan fingerprint density at radius 1 is 1.23 bits per heavy atom. The predicted octanol–water partition coefficient (Wildman–Crippen LogP) is 4.31. The second-order valence-corrected chi connectivity index (χ2v) is 7.88. The molecule has 0 radical (unpaired) electrons. The first-order valence-corrected chi connectivity index (χ1v) is 10.8. The Morgan fingerprint density at radius 2 is 2.10 bits per heavy atom. The molecular weight excluding hydrogens is 400 g/mol. The first kappa shape index (κ1) is 20.4. The Balaban J connectivity index is 1.41. The van der Waals surface area contributed by atoms with Crippen LogP contribution in [0.3, 0.4) is 0 Å². The van der Waals surface area contributed by atoms with Gasteiger partial charge in [0, 0.05) is 24.1 Å². The maximum absolute atomic E-state index is 12.4. The number of hydrogen-bond donors (Lipinski definition) is 1. The number of amides is 1. The molecule has 0 aliphatic carbocycles. The zero-order valence-corrected chi connectivity index (χ0v) is 17.6. The minimum Gasteiger partial charge on any atom is -0.493 e. The SMILES string of the molecule is COc1cc(-c2nc(C(=O)NCC3CCCO3)cs2)ccc1OCc1ccccc1. The van der Waals surface area contributed by atoms with Crippen molar-refractivity contribution < 1.29 is 19.0 Å². The first-order valence-electron chi connectivity index (χ1n) is 9.93. The molecule has 0 saturated carbocycles. The average molecular weight is 425 g/mol. The van der Waals surface area contributed by atoms with E-state index in [2.05, 4.69) is 10.3 Å². The molecule has 1 aliphatic heterocycles. The summed E-state index contributed by atoms with van der Waals surface area (Å²) in [5.74, 6) is 1.11. The lowest BCUT2D eigenvalue weighted by atomic mass is 10.2. The highest BCUT2D eigenvalue weighted by Crippen LogP contribution is 2.34. The van der Waals surface area contributed by atoms with Crippen LogP contribution in [0.25, 0.3) is 10.6 Å². The zero-order chi connectivity index (χ0) is 20.8. The van der Waals surface area contributed by atoms with Crippen molar-refractivity contribution >= 4 is 17.2 Å². The van der Waals surface area contributed by atoms with Gasteiger partial charge in [-0.1, -0.05) is 30.3 Å². The standard InChI is InChI=1S/C23H24N2O4S/c1-27-21-12-17(9-10-20(21)29-14-16-6-3-2-4-7-16)23-25-19(15-30-23)22(26)24-13-18-8-5-11-28-18/h2-4,6-7,9-10,12,15,18H,5,8,11,13-14H2,1H3,(H,24,26). The van der Waals surface area contributed by atoms with Crippen molar-refractivity contribution in [1.82, 2.24) is 10.3 Å². The van der Waals surface area contributed by atoms with E-state index in [1.54, 1.807) is 12.5 Å². The molecule has 1 aromatic heterocycles. The Kier molecular flexibility index (Phi) is 6.61. The molecule has 1 N–H and O–H groups in total. The lowest BCUT2D eigenvalue weighted by Crippen LogP contribution is -2.31. The van der Waals surface area contributed by atoms with Gasteiger partial charge in [0.2, 0.25) is 0 Å². The Bertz CT molecular complexity index is 984. The van der Waals surface area contributed by atoms with Crippen molar-refractivity contribution in [2.45, 2.75) is 25.6 Å². The van der Waals surface area contributed by atoms with Crippen molar-refractivity contribution in [2.24, 2.45) is 0 Å². The molecule has 0 bridgehead atoms. The highest BCUT2D eigenvalue weighted by atomic mass is 32.1. The van der Waals surface area contributed by atoms with E-state index in [1.165, 1.54) is 11.3 Å². The minimum absolute atomic E-state index is 0.111. The lowest BCUT2D eigenvalue weighted by molar-refractivity contribution is 0.0854. The van der Waals surface area contributed by atoms with Crippen LogP contribution in [0.4, 0.5) is 0 Å². The van der Waals surface area contributed by atoms with Gasteiger partial charge in [-0.05, 0) is 36.6 Å². The van der Waals surface area contributed by atoms with E-state index < -0.39 is 0 Å². The predicted molar refractivity (Wildman–Crippen MR) is 116 cm³/mol. The topological polar surface area (TPSA) is 69.7 Å². The highest BCUT2D eigenvalue weighted by molar-refractivity contribution is 7.13. The van der Waals surface area contributed by atoms with Crippen LogP contribution in [0, 0.1) is 0 Å². The van der Waals surface area contributed by atoms with E-state index in [-0.39, 0.29) is 12.0 Å². The van der Waals surface area contributed by atoms with Gasteiger partial charge in [0.05, 0.1) is 13.2 Å². The van der Waals surface area contributed by atoms with E-state index in [0.717, 1.165) is 35.6 Å². The monoisotopic (exact) mass is 424 g/mol. The molecule has 1 fully saturated rings. The molecule has 1 aliphatic rings. The van der Waals surface area contributed by atoms with Crippen LogP contribution in [0.1, 0.15) is 28.9 Å². The average Bonchev–Trinajstić information content (AvgIpc) is 3.49. The van der Waals surface area contributed by atoms with Crippen LogP contribution < -0.4 is 14.8 Å². The number of carbonyl (C=O) groups excluding carboxylic acids is 1. The molecule has 1 unspecified atom stereocenters. The van der Waals surface area contributed by atoms with Gasteiger partial charge in [-0.25, -0.2) is 4.98 Å². The molecule has 2 heterocycles. The third-order valence-electron chi connectivity index (χ3n) is 4.90. The number of ether oxygens (including phenoxy) is 3. The normalized spacial score (nSPS) is 15.7. The summed E-state index contributed by atoms with van der Waals surface area (Å²) in [6.45, 7) is 1.75. The summed E-state index contributed by atoms with van der Waals surface area (Å²) in [7, 11) is 1.61. The third-order valence-corrected chi connectivity index (χ3v) is 5.79. The number of benzene rings is 2. The molecule has 2 aromatic carbocycles. The van der Waals surface area contributed by atoms with Gasteiger partial charge in [-0.2, -0.15) is 0 Å². The van der Waals surface area contributed by atoms with Gasteiger partial charge in [0.1, 0.15) is 17.3 Å². The Hall–Kier alpha value is -2.90. The fourth-order valence-electron chi connectivity index (χ4n) is 3.27. The second-order valence-electron chi connectivity index (χ2n) is 7.02. The van der Waals surface area contributed by atoms with Crippen LogP contribution in [0.5, 0.6) is 11.5 Å². The van der Waals surface area contributed by atoms with Gasteiger partial charge >= 0.3 is 0 Å². The molecular formula is C23H24N2O4S. The molecule has 3 aromatic rings. The molecule has 1 atom stereocenters. The molecule has 4 rings (SSSR count). The number of rotatable bonds is 8. The van der Waals surface area contributed by atoms with Gasteiger partial charge in [-0.3, -0.25) is 4.79 Å². The molecule has 156 valence electrons. The van der Waals surface area contributed by atoms with Crippen LogP contribution in [0.2, 0.25) is 0 Å². The number of aromatic nitrogens is 1. The minimum atomic E-state index is -0.178. The van der Waals surface area contributed by atoms with E-state index in [9.17, 15) is 4.79 Å². The molecule has 30 heavy (non-hydrogen) atoms. The summed E-state index contributed by atoms with van der Waals surface area (Å²) in [4.78, 5) is 16.9. The number of nitrogens with zero attached hydrogens (tertiary/aromatic N) is 1. The van der Waals surface area contributed by atoms with Crippen molar-refractivity contribution in [3.8, 4) is 22.1 Å². The van der Waals surface area contributed by atoms with E-state index >= 15 is 0 Å². The van der Waals surface area contributed by atoms with Gasteiger partial charge in [-0.15, -0.1) is 11.3 Å². The Morgan fingerprint density at radius 3 is 2.87 bits per heavy atom. The maximum atomic E-state index is 12.4. The van der Waals surface area contributed by atoms with Crippen LogP contribution in [-0.2, 0) is 11.3 Å². The number of carbonyl (C=O) groups is 1. The third kappa shape index (κ3) is 4.98. The highest BCUT2D eigenvalue weighted by Gasteiger charge is 2.18. The summed E-state index contributed by atoms with van der Waals surface area (Å²) in [6.07, 6.45) is 2.15. The zero-order valence-electron chi connectivity index (χ0n) is 16.8. The van der Waals surface area contributed by atoms with Crippen molar-refractivity contribution in [2.75, 3.05) is 20.3 Å². The lowest BCUT2D eigenvalue weighted by Gasteiger charge is -2.12. The summed E-state index contributed by atoms with van der Waals surface area (Å²) >= 11 is 1.42. The fraction of sp³-hybridized carbons (Fsp3) is 0.304. The van der Waals surface area contributed by atoms with Gasteiger partial charge < -0.3 is 19.5 Å². The summed E-state index contributed by atoms with van der Waals surface area (Å²) in [5.41, 5.74) is 2.38. The number of thiazole rings is 1. The quantitative estimate of drug-likeness (QED) is 0.584. The summed E-state index contributed by atoms with van der Waals surface area (Å²) < 4.78 is 17.0. The van der Waals surface area contributed by atoms with E-state index in [0.29, 0.717) is 30.3 Å². The van der Waals surface area contributed by atoms with E-state index in [4.69, 9.17) is 14.2 Å². The number of methoxy groups -OCH3 is 1. The molecule has 1 saturated heterocycles. The number of nitrogens with one attached hydrogen (secondary N) is 1. The van der Waals surface area contributed by atoms with Crippen LogP contribution in [0.15, 0.2) is 53.9 Å². The largest absolute Gasteiger partial charge is 0.493 e. The second kappa shape index (κ2) is 9.73. The summed E-state index contributed by atoms with van der Waals surface area (Å²) in [5, 5.41) is 5.43. The van der Waals surface area contributed by atoms with E-state index in [1.807, 2.05) is 48.5 Å². The van der Waals surface area contributed by atoms with Gasteiger partial charge in [0.15, 0.2) is 11.5 Å². The van der Waals surface area contributed by atoms with Gasteiger partial charge in [0.25, 0.3) is 5.91 Å². The van der Waals surface area contributed by atoms with Crippen molar-refractivity contribution in [1.29, 1.82) is 0 Å². The number of hydrogen-bond acceptors (Lipinski definition) is 6. The summed E-state index contributed by atoms with van der Waals surface area (Å²) in [6, 6.07) is 15.7. The first-order chi connectivity index (χ1) is 14.7. The van der Waals surface area contributed by atoms with Crippen LogP contribution >= 0.6 is 11.3 Å².